The topological polar surface area (TPSA) is 38.5 Å². The molecule has 0 radical (unpaired) electrons. The van der Waals surface area contributed by atoms with Crippen molar-refractivity contribution in [3.05, 3.63) is 52.5 Å². The molecule has 0 aliphatic heterocycles. The zero-order chi connectivity index (χ0) is 13.8. The van der Waals surface area contributed by atoms with E-state index in [-0.39, 0.29) is 0 Å². The van der Waals surface area contributed by atoms with E-state index >= 15 is 0 Å². The number of nitrogens with zero attached hydrogens (tertiary/aromatic N) is 1. The average molecular weight is 321 g/mol. The molecule has 0 aromatic heterocycles. The number of nitrogens with two attached hydrogens (primary N) is 1. The van der Waals surface area contributed by atoms with Crippen LogP contribution in [0.4, 0.5) is 11.4 Å². The predicted octanol–water partition coefficient (Wildman–Crippen LogP) is 3.68. The van der Waals surface area contributed by atoms with Crippen LogP contribution in [0.3, 0.4) is 0 Å². The number of benzene rings is 2. The average Bonchev–Trinajstić information content (AvgIpc) is 2.39. The summed E-state index contributed by atoms with van der Waals surface area (Å²) >= 11 is 3.50. The number of nitrogen functional groups attached to an aromatic ring is 1. The molecule has 0 amide bonds. The number of hydrogen-bond donors (Lipinski definition) is 1. The zero-order valence-electron chi connectivity index (χ0n) is 11.1. The third kappa shape index (κ3) is 3.20. The van der Waals surface area contributed by atoms with Gasteiger partial charge in [-0.1, -0.05) is 18.2 Å². The quantitative estimate of drug-likeness (QED) is 0.873. The predicted molar refractivity (Wildman–Crippen MR) is 83.7 cm³/mol. The van der Waals surface area contributed by atoms with Gasteiger partial charge in [0.2, 0.25) is 0 Å². The summed E-state index contributed by atoms with van der Waals surface area (Å²) in [4.78, 5) is 2.13. The monoisotopic (exact) mass is 320 g/mol. The highest BCUT2D eigenvalue weighted by molar-refractivity contribution is 9.10. The molecular weight excluding hydrogens is 304 g/mol. The molecule has 0 heterocycles. The summed E-state index contributed by atoms with van der Waals surface area (Å²) in [6, 6.07) is 13.9. The summed E-state index contributed by atoms with van der Waals surface area (Å²) in [5, 5.41) is 0. The summed E-state index contributed by atoms with van der Waals surface area (Å²) in [5.74, 6) is 0.839. The largest absolute Gasteiger partial charge is 0.496 e. The molecule has 0 saturated heterocycles. The summed E-state index contributed by atoms with van der Waals surface area (Å²) < 4.78 is 6.19. The summed E-state index contributed by atoms with van der Waals surface area (Å²) in [7, 11) is 3.69. The Balaban J connectivity index is 2.17. The lowest BCUT2D eigenvalue weighted by molar-refractivity contribution is 0.412. The van der Waals surface area contributed by atoms with Gasteiger partial charge in [0.25, 0.3) is 0 Å². The maximum atomic E-state index is 5.98. The standard InChI is InChI=1S/C15H17BrN2O/c1-18(14-6-4-3-5-13(14)17)10-11-7-8-15(19-2)12(16)9-11/h3-9H,10,17H2,1-2H3. The minimum Gasteiger partial charge on any atom is -0.496 e. The number of methoxy groups -OCH3 is 1. The second kappa shape index (κ2) is 5.97. The van der Waals surface area contributed by atoms with Crippen molar-refractivity contribution < 1.29 is 4.74 Å². The SMILES string of the molecule is COc1ccc(CN(C)c2ccccc2N)cc1Br. The summed E-state index contributed by atoms with van der Waals surface area (Å²) in [6.07, 6.45) is 0. The van der Waals surface area contributed by atoms with Gasteiger partial charge in [0.15, 0.2) is 0 Å². The van der Waals surface area contributed by atoms with E-state index < -0.39 is 0 Å². The lowest BCUT2D eigenvalue weighted by Crippen LogP contribution is -2.17. The smallest absolute Gasteiger partial charge is 0.133 e. The van der Waals surface area contributed by atoms with Crippen LogP contribution < -0.4 is 15.4 Å². The van der Waals surface area contributed by atoms with Gasteiger partial charge in [-0.25, -0.2) is 0 Å². The number of rotatable bonds is 4. The van der Waals surface area contributed by atoms with Gasteiger partial charge in [-0.2, -0.15) is 0 Å². The Hall–Kier alpha value is -1.68. The number of hydrogen-bond acceptors (Lipinski definition) is 3. The second-order valence-electron chi connectivity index (χ2n) is 4.38. The highest BCUT2D eigenvalue weighted by atomic mass is 79.9. The first-order chi connectivity index (χ1) is 9.11. The molecule has 0 aliphatic carbocycles. The lowest BCUT2D eigenvalue weighted by atomic mass is 10.2. The van der Waals surface area contributed by atoms with Crippen LogP contribution in [-0.4, -0.2) is 14.2 Å². The van der Waals surface area contributed by atoms with Crippen LogP contribution in [0.15, 0.2) is 46.9 Å². The van der Waals surface area contributed by atoms with Crippen molar-refractivity contribution in [3.63, 3.8) is 0 Å². The fourth-order valence-electron chi connectivity index (χ4n) is 2.00. The lowest BCUT2D eigenvalue weighted by Gasteiger charge is -2.21. The van der Waals surface area contributed by atoms with Gasteiger partial charge in [-0.3, -0.25) is 0 Å². The number of halogens is 1. The van der Waals surface area contributed by atoms with Gasteiger partial charge in [0.05, 0.1) is 23.0 Å². The first-order valence-corrected chi connectivity index (χ1v) is 6.79. The van der Waals surface area contributed by atoms with Crippen molar-refractivity contribution in [1.29, 1.82) is 0 Å². The van der Waals surface area contributed by atoms with Gasteiger partial charge < -0.3 is 15.4 Å². The van der Waals surface area contributed by atoms with Crippen LogP contribution in [0, 0.1) is 0 Å². The van der Waals surface area contributed by atoms with Crippen LogP contribution in [0.1, 0.15) is 5.56 Å². The molecule has 100 valence electrons. The van der Waals surface area contributed by atoms with E-state index in [1.165, 1.54) is 5.56 Å². The molecule has 0 atom stereocenters. The van der Waals surface area contributed by atoms with E-state index in [0.717, 1.165) is 28.1 Å². The highest BCUT2D eigenvalue weighted by Gasteiger charge is 2.07. The fraction of sp³-hybridized carbons (Fsp3) is 0.200. The van der Waals surface area contributed by atoms with Crippen LogP contribution in [0.5, 0.6) is 5.75 Å². The van der Waals surface area contributed by atoms with Crippen LogP contribution in [-0.2, 0) is 6.54 Å². The molecular formula is C15H17BrN2O. The number of anilines is 2. The molecule has 2 rings (SSSR count). The summed E-state index contributed by atoms with van der Waals surface area (Å²) in [6.45, 7) is 0.788. The Labute approximate surface area is 122 Å². The minimum atomic E-state index is 0.788. The van der Waals surface area contributed by atoms with Crippen molar-refractivity contribution in [2.75, 3.05) is 24.8 Å². The molecule has 0 unspecified atom stereocenters. The van der Waals surface area contributed by atoms with E-state index in [4.69, 9.17) is 10.5 Å². The first kappa shape index (κ1) is 13.7. The Morgan fingerprint density at radius 1 is 1.21 bits per heavy atom. The molecule has 19 heavy (non-hydrogen) atoms. The molecule has 0 saturated carbocycles. The molecule has 0 spiro atoms. The summed E-state index contributed by atoms with van der Waals surface area (Å²) in [5.41, 5.74) is 9.00. The third-order valence-electron chi connectivity index (χ3n) is 2.98. The Morgan fingerprint density at radius 2 is 1.95 bits per heavy atom. The molecule has 4 heteroatoms. The van der Waals surface area contributed by atoms with Gasteiger partial charge in [0, 0.05) is 13.6 Å². The molecule has 0 bridgehead atoms. The van der Waals surface area contributed by atoms with Gasteiger partial charge in [-0.05, 0) is 45.8 Å². The maximum absolute atomic E-state index is 5.98. The highest BCUT2D eigenvalue weighted by Crippen LogP contribution is 2.27. The molecule has 2 N–H and O–H groups in total. The van der Waals surface area contributed by atoms with Crippen molar-refractivity contribution in [1.82, 2.24) is 0 Å². The van der Waals surface area contributed by atoms with E-state index in [9.17, 15) is 0 Å². The number of ether oxygens (including phenoxy) is 1. The van der Waals surface area contributed by atoms with Gasteiger partial charge >= 0.3 is 0 Å². The normalized spacial score (nSPS) is 10.3. The van der Waals surface area contributed by atoms with Crippen LogP contribution in [0.25, 0.3) is 0 Å². The number of para-hydroxylation sites is 2. The molecule has 2 aromatic carbocycles. The Morgan fingerprint density at radius 3 is 2.58 bits per heavy atom. The molecule has 2 aromatic rings. The Kier molecular flexibility index (Phi) is 4.32. The van der Waals surface area contributed by atoms with Crippen LogP contribution >= 0.6 is 15.9 Å². The van der Waals surface area contributed by atoms with Crippen molar-refractivity contribution in [2.24, 2.45) is 0 Å². The van der Waals surface area contributed by atoms with Gasteiger partial charge in [-0.15, -0.1) is 0 Å². The maximum Gasteiger partial charge on any atom is 0.133 e. The molecule has 0 aliphatic rings. The van der Waals surface area contributed by atoms with Crippen molar-refractivity contribution in [3.8, 4) is 5.75 Å². The first-order valence-electron chi connectivity index (χ1n) is 6.00. The van der Waals surface area contributed by atoms with E-state index in [1.54, 1.807) is 7.11 Å². The minimum absolute atomic E-state index is 0.788. The molecule has 0 fully saturated rings. The van der Waals surface area contributed by atoms with Crippen LogP contribution in [0.2, 0.25) is 0 Å². The fourth-order valence-corrected chi connectivity index (χ4v) is 2.59. The van der Waals surface area contributed by atoms with E-state index in [2.05, 4.69) is 33.0 Å². The second-order valence-corrected chi connectivity index (χ2v) is 5.24. The zero-order valence-corrected chi connectivity index (χ0v) is 12.6. The van der Waals surface area contributed by atoms with Crippen molar-refractivity contribution >= 4 is 27.3 Å². The molecule has 3 nitrogen and oxygen atoms in total. The van der Waals surface area contributed by atoms with Gasteiger partial charge in [0.1, 0.15) is 5.75 Å². The third-order valence-corrected chi connectivity index (χ3v) is 3.60. The van der Waals surface area contributed by atoms with E-state index in [1.807, 2.05) is 37.4 Å². The van der Waals surface area contributed by atoms with E-state index in [0.29, 0.717) is 0 Å². The Bertz CT molecular complexity index is 572. The van der Waals surface area contributed by atoms with Crippen molar-refractivity contribution in [2.45, 2.75) is 6.54 Å².